The molecule has 0 bridgehead atoms. The molecule has 0 aromatic carbocycles. The fourth-order valence-corrected chi connectivity index (χ4v) is 2.12. The van der Waals surface area contributed by atoms with Gasteiger partial charge < -0.3 is 4.74 Å². The van der Waals surface area contributed by atoms with E-state index < -0.39 is 9.05 Å². The van der Waals surface area contributed by atoms with E-state index in [9.17, 15) is 8.42 Å². The van der Waals surface area contributed by atoms with Crippen LogP contribution in [0.25, 0.3) is 0 Å². The number of hydrogen-bond acceptors (Lipinski definition) is 4. The summed E-state index contributed by atoms with van der Waals surface area (Å²) in [4.78, 5) is 3.41. The first-order valence-corrected chi connectivity index (χ1v) is 5.79. The molecule has 0 unspecified atom stereocenters. The van der Waals surface area contributed by atoms with E-state index in [0.29, 0.717) is 0 Å². The van der Waals surface area contributed by atoms with Gasteiger partial charge in [-0.25, -0.2) is 13.4 Å². The molecule has 4 nitrogen and oxygen atoms in total. The predicted octanol–water partition coefficient (Wildman–Crippen LogP) is 1.67. The Kier molecular flexibility index (Phi) is 3.00. The lowest BCUT2D eigenvalue weighted by atomic mass is 10.5. The van der Waals surface area contributed by atoms with E-state index in [1.54, 1.807) is 0 Å². The van der Waals surface area contributed by atoms with Gasteiger partial charge >= 0.3 is 0 Å². The third-order valence-corrected chi connectivity index (χ3v) is 3.01. The molecule has 0 atom stereocenters. The van der Waals surface area contributed by atoms with Crippen LogP contribution >= 0.6 is 22.3 Å². The summed E-state index contributed by atoms with van der Waals surface area (Å²) in [5, 5.41) is -0.200. The second-order valence-corrected chi connectivity index (χ2v) is 4.97. The Morgan fingerprint density at radius 3 is 2.46 bits per heavy atom. The van der Waals surface area contributed by atoms with Crippen molar-refractivity contribution < 1.29 is 13.2 Å². The Morgan fingerprint density at radius 1 is 1.46 bits per heavy atom. The predicted molar refractivity (Wildman–Crippen MR) is 48.8 cm³/mol. The summed E-state index contributed by atoms with van der Waals surface area (Å²) in [6.07, 6.45) is 0. The van der Waals surface area contributed by atoms with Crippen molar-refractivity contribution in [2.75, 3.05) is 7.11 Å². The summed E-state index contributed by atoms with van der Waals surface area (Å²) in [5.74, 6) is 0.231. The normalized spacial score (nSPS) is 11.3. The highest BCUT2D eigenvalue weighted by atomic mass is 35.7. The maximum Gasteiger partial charge on any atom is 0.264 e. The maximum atomic E-state index is 10.9. The molecular formula is C6H5Cl2NO3S. The molecule has 13 heavy (non-hydrogen) atoms. The zero-order valence-corrected chi connectivity index (χ0v) is 8.82. The van der Waals surface area contributed by atoms with E-state index in [1.165, 1.54) is 19.2 Å². The molecule has 0 amide bonds. The molecule has 0 N–H and O–H groups in total. The minimum atomic E-state index is -3.84. The SMILES string of the molecule is COc1ccc(S(=O)(=O)Cl)c(Cl)n1. The standard InChI is InChI=1S/C6H5Cl2NO3S/c1-12-5-3-2-4(6(7)9-5)13(8,10)11/h2-3H,1H3. The van der Waals surface area contributed by atoms with Crippen molar-refractivity contribution in [3.05, 3.63) is 17.3 Å². The van der Waals surface area contributed by atoms with Crippen LogP contribution in [-0.4, -0.2) is 20.5 Å². The molecule has 1 heterocycles. The van der Waals surface area contributed by atoms with E-state index in [1.807, 2.05) is 0 Å². The average molecular weight is 242 g/mol. The Labute approximate surface area is 84.9 Å². The lowest BCUT2D eigenvalue weighted by Gasteiger charge is -2.01. The van der Waals surface area contributed by atoms with Gasteiger partial charge in [0.05, 0.1) is 7.11 Å². The first-order valence-electron chi connectivity index (χ1n) is 3.10. The number of methoxy groups -OCH3 is 1. The topological polar surface area (TPSA) is 56.3 Å². The molecule has 72 valence electrons. The molecule has 1 rings (SSSR count). The summed E-state index contributed by atoms with van der Waals surface area (Å²) in [6, 6.07) is 2.59. The van der Waals surface area contributed by atoms with Gasteiger partial charge in [0.2, 0.25) is 5.88 Å². The first kappa shape index (κ1) is 10.6. The van der Waals surface area contributed by atoms with E-state index in [0.717, 1.165) is 0 Å². The largest absolute Gasteiger partial charge is 0.481 e. The molecule has 0 aliphatic rings. The van der Waals surface area contributed by atoms with Crippen LogP contribution in [-0.2, 0) is 9.05 Å². The highest BCUT2D eigenvalue weighted by molar-refractivity contribution is 8.13. The minimum absolute atomic E-state index is 0.200. The molecule has 0 spiro atoms. The quantitative estimate of drug-likeness (QED) is 0.584. The fourth-order valence-electron chi connectivity index (χ4n) is 0.700. The van der Waals surface area contributed by atoms with Gasteiger partial charge in [-0.15, -0.1) is 0 Å². The Bertz CT molecular complexity index is 418. The van der Waals surface area contributed by atoms with Crippen molar-refractivity contribution in [1.29, 1.82) is 0 Å². The second-order valence-electron chi connectivity index (χ2n) is 2.08. The van der Waals surface area contributed by atoms with E-state index in [-0.39, 0.29) is 15.9 Å². The van der Waals surface area contributed by atoms with Crippen LogP contribution in [0.4, 0.5) is 0 Å². The molecule has 1 aromatic heterocycles. The Balaban J connectivity index is 3.29. The van der Waals surface area contributed by atoms with Crippen LogP contribution in [0.1, 0.15) is 0 Å². The van der Waals surface area contributed by atoms with Gasteiger partial charge in [-0.3, -0.25) is 0 Å². The van der Waals surface area contributed by atoms with E-state index in [2.05, 4.69) is 4.98 Å². The van der Waals surface area contributed by atoms with Gasteiger partial charge in [-0.2, -0.15) is 0 Å². The van der Waals surface area contributed by atoms with Crippen LogP contribution in [0.2, 0.25) is 5.15 Å². The average Bonchev–Trinajstić information content (AvgIpc) is 2.01. The van der Waals surface area contributed by atoms with Crippen LogP contribution in [0, 0.1) is 0 Å². The smallest absolute Gasteiger partial charge is 0.264 e. The molecule has 0 saturated carbocycles. The minimum Gasteiger partial charge on any atom is -0.481 e. The molecule has 7 heteroatoms. The number of hydrogen-bond donors (Lipinski definition) is 0. The lowest BCUT2D eigenvalue weighted by Crippen LogP contribution is -1.95. The summed E-state index contributed by atoms with van der Waals surface area (Å²) < 4.78 is 26.4. The number of aromatic nitrogens is 1. The molecule has 0 aliphatic carbocycles. The van der Waals surface area contributed by atoms with Gasteiger partial charge in [-0.05, 0) is 6.07 Å². The number of ether oxygens (including phenoxy) is 1. The highest BCUT2D eigenvalue weighted by Crippen LogP contribution is 2.24. The van der Waals surface area contributed by atoms with Crippen molar-refractivity contribution in [3.8, 4) is 5.88 Å². The molecule has 0 saturated heterocycles. The number of halogens is 2. The van der Waals surface area contributed by atoms with Gasteiger partial charge in [-0.1, -0.05) is 11.6 Å². The lowest BCUT2D eigenvalue weighted by molar-refractivity contribution is 0.397. The van der Waals surface area contributed by atoms with Crippen molar-refractivity contribution in [2.45, 2.75) is 4.90 Å². The van der Waals surface area contributed by atoms with Crippen LogP contribution in [0.5, 0.6) is 5.88 Å². The van der Waals surface area contributed by atoms with Crippen molar-refractivity contribution in [1.82, 2.24) is 4.98 Å². The van der Waals surface area contributed by atoms with Crippen molar-refractivity contribution in [2.24, 2.45) is 0 Å². The Hall–Kier alpha value is -0.520. The summed E-state index contributed by atoms with van der Waals surface area (Å²) in [7, 11) is 2.63. The van der Waals surface area contributed by atoms with Crippen molar-refractivity contribution >= 4 is 31.3 Å². The molecule has 0 radical (unpaired) electrons. The van der Waals surface area contributed by atoms with Gasteiger partial charge in [0.25, 0.3) is 9.05 Å². The fraction of sp³-hybridized carbons (Fsp3) is 0.167. The zero-order chi connectivity index (χ0) is 10.1. The Morgan fingerprint density at radius 2 is 2.08 bits per heavy atom. The molecule has 0 aliphatic heterocycles. The van der Waals surface area contributed by atoms with Crippen LogP contribution in [0.15, 0.2) is 17.0 Å². The second kappa shape index (κ2) is 3.69. The number of pyridine rings is 1. The molecule has 0 fully saturated rings. The monoisotopic (exact) mass is 241 g/mol. The maximum absolute atomic E-state index is 10.9. The molecular weight excluding hydrogens is 237 g/mol. The molecule has 1 aromatic rings. The van der Waals surface area contributed by atoms with E-state index >= 15 is 0 Å². The van der Waals surface area contributed by atoms with Gasteiger partial charge in [0.1, 0.15) is 4.90 Å². The summed E-state index contributed by atoms with van der Waals surface area (Å²) in [5.41, 5.74) is 0. The third-order valence-electron chi connectivity index (χ3n) is 1.26. The third kappa shape index (κ3) is 2.46. The zero-order valence-electron chi connectivity index (χ0n) is 6.49. The van der Waals surface area contributed by atoms with E-state index in [4.69, 9.17) is 27.0 Å². The van der Waals surface area contributed by atoms with Gasteiger partial charge in [0, 0.05) is 16.7 Å². The van der Waals surface area contributed by atoms with Crippen molar-refractivity contribution in [3.63, 3.8) is 0 Å². The number of rotatable bonds is 2. The summed E-state index contributed by atoms with van der Waals surface area (Å²) >= 11 is 5.54. The summed E-state index contributed by atoms with van der Waals surface area (Å²) in [6.45, 7) is 0. The number of nitrogens with zero attached hydrogens (tertiary/aromatic N) is 1. The highest BCUT2D eigenvalue weighted by Gasteiger charge is 2.16. The first-order chi connectivity index (χ1) is 5.95. The van der Waals surface area contributed by atoms with Gasteiger partial charge in [0.15, 0.2) is 5.15 Å². The van der Waals surface area contributed by atoms with Crippen LogP contribution < -0.4 is 4.74 Å². The van der Waals surface area contributed by atoms with Crippen LogP contribution in [0.3, 0.4) is 0 Å².